The maximum atomic E-state index is 13.2. The van der Waals surface area contributed by atoms with Crippen LogP contribution in [-0.4, -0.2) is 45.1 Å². The zero-order chi connectivity index (χ0) is 26.0. The lowest BCUT2D eigenvalue weighted by atomic mass is 10.0. The smallest absolute Gasteiger partial charge is 0.408 e. The number of carbonyl (C=O) groups excluding carboxylic acids is 2. The van der Waals surface area contributed by atoms with Crippen molar-refractivity contribution < 1.29 is 24.2 Å². The van der Waals surface area contributed by atoms with Crippen LogP contribution in [0.2, 0.25) is 0 Å². The molecule has 0 spiro atoms. The summed E-state index contributed by atoms with van der Waals surface area (Å²) in [4.78, 5) is 46.5. The molecule has 0 aliphatic carbocycles. The first kappa shape index (κ1) is 25.3. The van der Waals surface area contributed by atoms with Gasteiger partial charge in [0.25, 0.3) is 0 Å². The van der Waals surface area contributed by atoms with Gasteiger partial charge in [0.2, 0.25) is 5.91 Å². The van der Waals surface area contributed by atoms with Gasteiger partial charge in [0.1, 0.15) is 18.7 Å². The third-order valence-corrected chi connectivity index (χ3v) is 5.63. The third-order valence-electron chi connectivity index (χ3n) is 5.63. The van der Waals surface area contributed by atoms with E-state index in [0.717, 1.165) is 11.1 Å². The van der Waals surface area contributed by atoms with E-state index in [0.29, 0.717) is 16.7 Å². The first-order chi connectivity index (χ1) is 18.0. The number of para-hydroxylation sites is 2. The zero-order valence-corrected chi connectivity index (χ0v) is 19.9. The molecule has 1 heterocycles. The van der Waals surface area contributed by atoms with E-state index in [1.54, 1.807) is 12.1 Å². The Bertz CT molecular complexity index is 1360. The minimum absolute atomic E-state index is 0.0325. The van der Waals surface area contributed by atoms with Gasteiger partial charge in [0.15, 0.2) is 0 Å². The van der Waals surface area contributed by atoms with Crippen LogP contribution in [0.5, 0.6) is 0 Å². The second-order valence-corrected chi connectivity index (χ2v) is 8.40. The van der Waals surface area contributed by atoms with E-state index < -0.39 is 30.1 Å². The highest BCUT2D eigenvalue weighted by molar-refractivity contribution is 5.89. The van der Waals surface area contributed by atoms with Gasteiger partial charge in [-0.2, -0.15) is 0 Å². The molecule has 0 aliphatic heterocycles. The Morgan fingerprint density at radius 3 is 2.05 bits per heavy atom. The Balaban J connectivity index is 1.45. The maximum absolute atomic E-state index is 13.2. The second kappa shape index (κ2) is 12.3. The number of nitrogens with one attached hydrogen (secondary N) is 2. The van der Waals surface area contributed by atoms with Gasteiger partial charge in [0.05, 0.1) is 16.7 Å². The van der Waals surface area contributed by atoms with Crippen LogP contribution in [0.3, 0.4) is 0 Å². The second-order valence-electron chi connectivity index (χ2n) is 8.40. The number of carbonyl (C=O) groups is 3. The van der Waals surface area contributed by atoms with Gasteiger partial charge in [-0.15, -0.1) is 0 Å². The molecule has 4 aromatic rings. The van der Waals surface area contributed by atoms with Gasteiger partial charge >= 0.3 is 12.1 Å². The number of alkyl carbamates (subject to hydrolysis) is 1. The van der Waals surface area contributed by atoms with E-state index >= 15 is 0 Å². The quantitative estimate of drug-likeness (QED) is 0.306. The maximum Gasteiger partial charge on any atom is 0.408 e. The predicted octanol–water partition coefficient (Wildman–Crippen LogP) is 3.28. The molecule has 37 heavy (non-hydrogen) atoms. The summed E-state index contributed by atoms with van der Waals surface area (Å²) in [5, 5.41) is 14.9. The van der Waals surface area contributed by atoms with Gasteiger partial charge in [-0.1, -0.05) is 72.8 Å². The van der Waals surface area contributed by atoms with E-state index in [9.17, 15) is 19.5 Å². The molecule has 188 valence electrons. The van der Waals surface area contributed by atoms with Crippen molar-refractivity contribution in [1.82, 2.24) is 20.6 Å². The molecule has 0 unspecified atom stereocenters. The molecule has 0 bridgehead atoms. The number of hydrogen-bond donors (Lipinski definition) is 3. The molecule has 9 heteroatoms. The highest BCUT2D eigenvalue weighted by atomic mass is 16.5. The van der Waals surface area contributed by atoms with Gasteiger partial charge in [-0.3, -0.25) is 9.78 Å². The van der Waals surface area contributed by atoms with Crippen molar-refractivity contribution in [2.75, 3.05) is 0 Å². The van der Waals surface area contributed by atoms with Crippen LogP contribution < -0.4 is 10.6 Å². The van der Waals surface area contributed by atoms with E-state index in [2.05, 4.69) is 20.6 Å². The molecule has 3 aromatic carbocycles. The van der Waals surface area contributed by atoms with Crippen molar-refractivity contribution in [3.05, 3.63) is 108 Å². The van der Waals surface area contributed by atoms with Crippen molar-refractivity contribution >= 4 is 29.0 Å². The summed E-state index contributed by atoms with van der Waals surface area (Å²) in [5.41, 5.74) is 3.31. The highest BCUT2D eigenvalue weighted by Crippen LogP contribution is 2.11. The van der Waals surface area contributed by atoms with Gasteiger partial charge in [-0.25, -0.2) is 14.6 Å². The summed E-state index contributed by atoms with van der Waals surface area (Å²) in [6.07, 6.45) is 0.780. The number of rotatable bonds is 10. The van der Waals surface area contributed by atoms with E-state index in [1.165, 1.54) is 6.20 Å². The van der Waals surface area contributed by atoms with Crippen LogP contribution in [0.25, 0.3) is 11.0 Å². The molecular weight excluding hydrogens is 472 g/mol. The SMILES string of the molecule is O=C(N[C@@H](Cc1ccccc1)C(=O)N[C@H](Cc1cnc2ccccc2n1)C(=O)O)OCc1ccccc1. The van der Waals surface area contributed by atoms with Crippen LogP contribution in [0.4, 0.5) is 4.79 Å². The average molecular weight is 499 g/mol. The minimum Gasteiger partial charge on any atom is -0.480 e. The molecule has 0 aliphatic rings. The zero-order valence-electron chi connectivity index (χ0n) is 19.9. The Labute approximate surface area is 213 Å². The molecule has 2 amide bonds. The summed E-state index contributed by atoms with van der Waals surface area (Å²) in [5.74, 6) is -1.88. The predicted molar refractivity (Wildman–Crippen MR) is 137 cm³/mol. The van der Waals surface area contributed by atoms with Crippen LogP contribution in [-0.2, 0) is 33.8 Å². The van der Waals surface area contributed by atoms with Crippen molar-refractivity contribution in [1.29, 1.82) is 0 Å². The number of carboxylic acids is 1. The molecule has 0 radical (unpaired) electrons. The fourth-order valence-electron chi connectivity index (χ4n) is 3.74. The Hall–Kier alpha value is -4.79. The van der Waals surface area contributed by atoms with Crippen LogP contribution >= 0.6 is 0 Å². The number of amides is 2. The fraction of sp³-hybridized carbons (Fsp3) is 0.179. The van der Waals surface area contributed by atoms with Gasteiger partial charge in [-0.05, 0) is 23.3 Å². The standard InChI is InChI=1S/C28H26N4O5/c33-26(31-25(27(34)35)16-21-17-29-22-13-7-8-14-23(22)30-21)24(15-19-9-3-1-4-10-19)32-28(36)37-18-20-11-5-2-6-12-20/h1-14,17,24-25H,15-16,18H2,(H,31,33)(H,32,36)(H,34,35)/t24-,25+/m0/s1. The number of aromatic nitrogens is 2. The topological polar surface area (TPSA) is 131 Å². The molecule has 9 nitrogen and oxygen atoms in total. The number of fused-ring (bicyclic) bond motifs is 1. The Morgan fingerprint density at radius 2 is 1.38 bits per heavy atom. The van der Waals surface area contributed by atoms with Crippen LogP contribution in [0, 0.1) is 0 Å². The number of benzene rings is 3. The summed E-state index contributed by atoms with van der Waals surface area (Å²) in [6, 6.07) is 23.1. The first-order valence-corrected chi connectivity index (χ1v) is 11.7. The number of nitrogens with zero attached hydrogens (tertiary/aromatic N) is 2. The monoisotopic (exact) mass is 498 g/mol. The molecule has 0 saturated heterocycles. The van der Waals surface area contributed by atoms with Crippen LogP contribution in [0.1, 0.15) is 16.8 Å². The van der Waals surface area contributed by atoms with E-state index in [4.69, 9.17) is 4.74 Å². The first-order valence-electron chi connectivity index (χ1n) is 11.7. The van der Waals surface area contributed by atoms with Gasteiger partial charge in [0, 0.05) is 19.0 Å². The van der Waals surface area contributed by atoms with E-state index in [1.807, 2.05) is 72.8 Å². The average Bonchev–Trinajstić information content (AvgIpc) is 2.92. The van der Waals surface area contributed by atoms with Crippen LogP contribution in [0.15, 0.2) is 91.1 Å². The van der Waals surface area contributed by atoms with Crippen molar-refractivity contribution in [3.63, 3.8) is 0 Å². The molecule has 2 atom stereocenters. The van der Waals surface area contributed by atoms with Crippen molar-refractivity contribution in [2.24, 2.45) is 0 Å². The number of ether oxygens (including phenoxy) is 1. The summed E-state index contributed by atoms with van der Waals surface area (Å²) < 4.78 is 5.27. The van der Waals surface area contributed by atoms with E-state index in [-0.39, 0.29) is 19.4 Å². The van der Waals surface area contributed by atoms with Gasteiger partial charge < -0.3 is 20.5 Å². The summed E-state index contributed by atoms with van der Waals surface area (Å²) >= 11 is 0. The lowest BCUT2D eigenvalue weighted by Crippen LogP contribution is -2.53. The molecule has 1 aromatic heterocycles. The summed E-state index contributed by atoms with van der Waals surface area (Å²) in [6.45, 7) is 0.0325. The molecule has 4 rings (SSSR count). The normalized spacial score (nSPS) is 12.3. The number of aliphatic carboxylic acids is 1. The highest BCUT2D eigenvalue weighted by Gasteiger charge is 2.28. The third kappa shape index (κ3) is 7.35. The molecule has 3 N–H and O–H groups in total. The fourth-order valence-corrected chi connectivity index (χ4v) is 3.74. The van der Waals surface area contributed by atoms with Crippen molar-refractivity contribution in [2.45, 2.75) is 31.5 Å². The molecular formula is C28H26N4O5. The lowest BCUT2D eigenvalue weighted by molar-refractivity contribution is -0.142. The lowest BCUT2D eigenvalue weighted by Gasteiger charge is -2.21. The number of carboxylic acid groups (broad SMARTS) is 1. The Morgan fingerprint density at radius 1 is 0.757 bits per heavy atom. The summed E-state index contributed by atoms with van der Waals surface area (Å²) in [7, 11) is 0. The molecule has 0 fully saturated rings. The Kier molecular flexibility index (Phi) is 8.38. The number of hydrogen-bond acceptors (Lipinski definition) is 6. The minimum atomic E-state index is -1.27. The van der Waals surface area contributed by atoms with Crippen molar-refractivity contribution in [3.8, 4) is 0 Å². The molecule has 0 saturated carbocycles. The largest absolute Gasteiger partial charge is 0.480 e.